The molecule has 0 saturated heterocycles. The molecular formula is C32H24BN. The van der Waals surface area contributed by atoms with Gasteiger partial charge >= 0.3 is 0 Å². The van der Waals surface area contributed by atoms with Crippen LogP contribution < -0.4 is 21.3 Å². The highest BCUT2D eigenvalue weighted by atomic mass is 15.2. The normalized spacial score (nSPS) is 12.9. The van der Waals surface area contributed by atoms with Crippen molar-refractivity contribution < 1.29 is 0 Å². The second kappa shape index (κ2) is 7.23. The maximum Gasteiger partial charge on any atom is 0.248 e. The van der Waals surface area contributed by atoms with E-state index in [1.54, 1.807) is 0 Å². The molecule has 0 atom stereocenters. The van der Waals surface area contributed by atoms with E-state index in [9.17, 15) is 0 Å². The molecule has 0 N–H and O–H groups in total. The first kappa shape index (κ1) is 19.4. The average molecular weight is 433 g/mol. The number of hydrogen-bond donors (Lipinski definition) is 0. The van der Waals surface area contributed by atoms with Crippen molar-refractivity contribution in [3.05, 3.63) is 120 Å². The van der Waals surface area contributed by atoms with Gasteiger partial charge in [0, 0.05) is 17.1 Å². The summed E-state index contributed by atoms with van der Waals surface area (Å²) in [5.41, 5.74) is 15.8. The number of hydrogen-bond acceptors (Lipinski definition) is 1. The van der Waals surface area contributed by atoms with E-state index in [4.69, 9.17) is 0 Å². The van der Waals surface area contributed by atoms with Gasteiger partial charge in [0.25, 0.3) is 0 Å². The summed E-state index contributed by atoms with van der Waals surface area (Å²) in [6.07, 6.45) is 0. The van der Waals surface area contributed by atoms with Crippen molar-refractivity contribution in [3.63, 3.8) is 0 Å². The van der Waals surface area contributed by atoms with Gasteiger partial charge in [0.1, 0.15) is 0 Å². The number of nitrogens with zero attached hydrogens (tertiary/aromatic N) is 1. The summed E-state index contributed by atoms with van der Waals surface area (Å²) in [5, 5.41) is 0. The van der Waals surface area contributed by atoms with Crippen LogP contribution >= 0.6 is 0 Å². The maximum absolute atomic E-state index is 2.49. The largest absolute Gasteiger partial charge is 0.311 e. The van der Waals surface area contributed by atoms with Crippen LogP contribution in [0.15, 0.2) is 109 Å². The van der Waals surface area contributed by atoms with E-state index in [1.165, 1.54) is 66.8 Å². The van der Waals surface area contributed by atoms with Crippen LogP contribution in [-0.2, 0) is 0 Å². The Morgan fingerprint density at radius 2 is 1.32 bits per heavy atom. The Balaban J connectivity index is 1.61. The lowest BCUT2D eigenvalue weighted by atomic mass is 9.37. The standard InChI is InChI=1S/C32H24BN/c1-21-9-8-12-25(17-21)34-30-18-22(2)15-16-29(30)33-28-14-7-6-13-26(28)27-19-24(20-31(34)32(27)33)23-10-4-3-5-11-23/h3-20H,1-2H3. The lowest BCUT2D eigenvalue weighted by molar-refractivity contribution is 1.27. The van der Waals surface area contributed by atoms with Gasteiger partial charge in [0.05, 0.1) is 0 Å². The van der Waals surface area contributed by atoms with Crippen LogP contribution in [0.25, 0.3) is 22.3 Å². The Labute approximate surface area is 201 Å². The Bertz CT molecular complexity index is 1580. The molecule has 2 aliphatic rings. The summed E-state index contributed by atoms with van der Waals surface area (Å²) >= 11 is 0. The zero-order valence-electron chi connectivity index (χ0n) is 19.4. The number of benzene rings is 5. The highest BCUT2D eigenvalue weighted by Crippen LogP contribution is 2.43. The first-order valence-electron chi connectivity index (χ1n) is 12.0. The van der Waals surface area contributed by atoms with Gasteiger partial charge in [0.2, 0.25) is 6.71 Å². The topological polar surface area (TPSA) is 3.24 Å². The Morgan fingerprint density at radius 3 is 2.18 bits per heavy atom. The molecule has 2 heteroatoms. The van der Waals surface area contributed by atoms with Crippen LogP contribution in [0.2, 0.25) is 0 Å². The number of rotatable bonds is 2. The van der Waals surface area contributed by atoms with E-state index in [0.717, 1.165) is 0 Å². The maximum atomic E-state index is 2.49. The van der Waals surface area contributed by atoms with Gasteiger partial charge < -0.3 is 4.90 Å². The van der Waals surface area contributed by atoms with Crippen molar-refractivity contribution in [1.29, 1.82) is 0 Å². The summed E-state index contributed by atoms with van der Waals surface area (Å²) in [7, 11) is 0. The third kappa shape index (κ3) is 2.75. The van der Waals surface area contributed by atoms with E-state index >= 15 is 0 Å². The van der Waals surface area contributed by atoms with E-state index in [-0.39, 0.29) is 6.71 Å². The average Bonchev–Trinajstić information content (AvgIpc) is 3.20. The molecule has 160 valence electrons. The van der Waals surface area contributed by atoms with Crippen molar-refractivity contribution in [2.75, 3.05) is 4.90 Å². The minimum absolute atomic E-state index is 0.266. The summed E-state index contributed by atoms with van der Waals surface area (Å²) in [6, 6.07) is 40.4. The summed E-state index contributed by atoms with van der Waals surface area (Å²) in [6.45, 7) is 4.63. The van der Waals surface area contributed by atoms with Gasteiger partial charge in [0.15, 0.2) is 0 Å². The summed E-state index contributed by atoms with van der Waals surface area (Å²) in [5.74, 6) is 0. The number of fused-ring (bicyclic) bond motifs is 5. The molecule has 0 saturated carbocycles. The van der Waals surface area contributed by atoms with Gasteiger partial charge in [-0.15, -0.1) is 0 Å². The SMILES string of the molecule is Cc1cccc(N2c3cc(C)ccc3B3c4ccccc4-c4cc(-c5ccccc5)cc2c43)c1. The van der Waals surface area contributed by atoms with Crippen LogP contribution in [0, 0.1) is 13.8 Å². The van der Waals surface area contributed by atoms with E-state index in [0.29, 0.717) is 0 Å². The Kier molecular flexibility index (Phi) is 4.13. The molecule has 0 amide bonds. The van der Waals surface area contributed by atoms with Gasteiger partial charge in [-0.1, -0.05) is 84.3 Å². The predicted molar refractivity (Wildman–Crippen MR) is 146 cm³/mol. The summed E-state index contributed by atoms with van der Waals surface area (Å²) in [4.78, 5) is 2.49. The highest BCUT2D eigenvalue weighted by Gasteiger charge is 2.42. The van der Waals surface area contributed by atoms with Crippen LogP contribution in [0.4, 0.5) is 17.1 Å². The van der Waals surface area contributed by atoms with Crippen LogP contribution in [0.5, 0.6) is 0 Å². The molecule has 1 nitrogen and oxygen atoms in total. The van der Waals surface area contributed by atoms with Crippen LogP contribution in [-0.4, -0.2) is 6.71 Å². The molecule has 2 heterocycles. The van der Waals surface area contributed by atoms with Gasteiger partial charge in [-0.3, -0.25) is 0 Å². The molecule has 0 fully saturated rings. The zero-order chi connectivity index (χ0) is 22.8. The fraction of sp³-hybridized carbons (Fsp3) is 0.0625. The van der Waals surface area contributed by atoms with Crippen LogP contribution in [0.1, 0.15) is 11.1 Å². The highest BCUT2D eigenvalue weighted by molar-refractivity contribution is 7.01. The minimum atomic E-state index is 0.266. The molecule has 0 unspecified atom stereocenters. The molecule has 0 aliphatic carbocycles. The first-order valence-corrected chi connectivity index (χ1v) is 12.0. The van der Waals surface area contributed by atoms with Crippen molar-refractivity contribution in [1.82, 2.24) is 0 Å². The fourth-order valence-electron chi connectivity index (χ4n) is 5.89. The molecule has 2 aliphatic heterocycles. The Morgan fingerprint density at radius 1 is 0.529 bits per heavy atom. The lowest BCUT2D eigenvalue weighted by Gasteiger charge is -2.36. The summed E-state index contributed by atoms with van der Waals surface area (Å²) < 4.78 is 0. The molecule has 0 aromatic heterocycles. The van der Waals surface area contributed by atoms with Crippen molar-refractivity contribution >= 4 is 40.2 Å². The smallest absolute Gasteiger partial charge is 0.248 e. The van der Waals surface area contributed by atoms with E-state index < -0.39 is 0 Å². The molecule has 34 heavy (non-hydrogen) atoms. The third-order valence-corrected chi connectivity index (χ3v) is 7.35. The van der Waals surface area contributed by atoms with Crippen molar-refractivity contribution in [3.8, 4) is 22.3 Å². The second-order valence-corrected chi connectivity index (χ2v) is 9.58. The van der Waals surface area contributed by atoms with E-state index in [1.807, 2.05) is 0 Å². The monoisotopic (exact) mass is 433 g/mol. The fourth-order valence-corrected chi connectivity index (χ4v) is 5.89. The second-order valence-electron chi connectivity index (χ2n) is 9.58. The van der Waals surface area contributed by atoms with Crippen molar-refractivity contribution in [2.45, 2.75) is 13.8 Å². The van der Waals surface area contributed by atoms with Gasteiger partial charge in [-0.25, -0.2) is 0 Å². The third-order valence-electron chi connectivity index (χ3n) is 7.35. The van der Waals surface area contributed by atoms with Gasteiger partial charge in [-0.05, 0) is 88.5 Å². The lowest BCUT2D eigenvalue weighted by Crippen LogP contribution is -2.54. The molecule has 0 bridgehead atoms. The molecule has 7 rings (SSSR count). The van der Waals surface area contributed by atoms with E-state index in [2.05, 4.69) is 128 Å². The number of anilines is 3. The van der Waals surface area contributed by atoms with Crippen LogP contribution in [0.3, 0.4) is 0 Å². The first-order chi connectivity index (χ1) is 16.7. The zero-order valence-corrected chi connectivity index (χ0v) is 19.4. The quantitative estimate of drug-likeness (QED) is 0.291. The van der Waals surface area contributed by atoms with Gasteiger partial charge in [-0.2, -0.15) is 0 Å². The molecule has 5 aromatic carbocycles. The molecular weight excluding hydrogens is 409 g/mol. The predicted octanol–water partition coefficient (Wildman–Crippen LogP) is 6.25. The van der Waals surface area contributed by atoms with Crippen molar-refractivity contribution in [2.24, 2.45) is 0 Å². The molecule has 0 spiro atoms. The molecule has 5 aromatic rings. The number of aryl methyl sites for hydroxylation is 2. The molecule has 0 radical (unpaired) electrons. The minimum Gasteiger partial charge on any atom is -0.311 e. The Hall–Kier alpha value is -4.04.